The van der Waals surface area contributed by atoms with Gasteiger partial charge >= 0.3 is 0 Å². The van der Waals surface area contributed by atoms with E-state index < -0.39 is 0 Å². The summed E-state index contributed by atoms with van der Waals surface area (Å²) in [6, 6.07) is 19.1. The van der Waals surface area contributed by atoms with Gasteiger partial charge in [0.15, 0.2) is 5.65 Å². The Bertz CT molecular complexity index is 1250. The highest BCUT2D eigenvalue weighted by Crippen LogP contribution is 2.30. The van der Waals surface area contributed by atoms with Crippen molar-refractivity contribution >= 4 is 22.7 Å². The molecule has 0 atom stereocenters. The molecule has 0 amide bonds. The number of anilines is 3. The largest absolute Gasteiger partial charge is 0.508 e. The van der Waals surface area contributed by atoms with Crippen molar-refractivity contribution in [3.63, 3.8) is 0 Å². The minimum absolute atomic E-state index is 0.309. The first kappa shape index (κ1) is 24.6. The van der Waals surface area contributed by atoms with Gasteiger partial charge in [-0.2, -0.15) is 0 Å². The van der Waals surface area contributed by atoms with Crippen LogP contribution in [0, 0.1) is 6.92 Å². The Morgan fingerprint density at radius 2 is 1.63 bits per heavy atom. The van der Waals surface area contributed by atoms with Gasteiger partial charge < -0.3 is 15.3 Å². The van der Waals surface area contributed by atoms with Crippen molar-refractivity contribution in [3.05, 3.63) is 72.6 Å². The maximum atomic E-state index is 9.87. The number of nitrogens with one attached hydrogen (secondary N) is 1. The third-order valence-electron chi connectivity index (χ3n) is 6.60. The van der Waals surface area contributed by atoms with E-state index in [4.69, 9.17) is 0 Å². The summed E-state index contributed by atoms with van der Waals surface area (Å²) in [5.74, 6) is 0.309. The minimum Gasteiger partial charge on any atom is -0.508 e. The molecule has 2 aromatic carbocycles. The number of nitrogens with zero attached hydrogens (tertiary/aromatic N) is 4. The Hall–Kier alpha value is -3.51. The fourth-order valence-electron chi connectivity index (χ4n) is 4.57. The molecule has 5 rings (SSSR count). The smallest absolute Gasteiger partial charge is 0.161 e. The zero-order valence-electron chi connectivity index (χ0n) is 21.5. The predicted octanol–water partition coefficient (Wildman–Crippen LogP) is 6.32. The highest BCUT2D eigenvalue weighted by molar-refractivity contribution is 5.78. The molecule has 0 unspecified atom stereocenters. The second kappa shape index (κ2) is 10.8. The zero-order valence-corrected chi connectivity index (χ0v) is 21.5. The molecule has 3 heterocycles. The molecule has 0 spiro atoms. The van der Waals surface area contributed by atoms with Crippen LogP contribution >= 0.6 is 0 Å². The van der Waals surface area contributed by atoms with Crippen LogP contribution in [0.1, 0.15) is 33.3 Å². The van der Waals surface area contributed by atoms with Gasteiger partial charge in [0.2, 0.25) is 0 Å². The molecule has 0 saturated carbocycles. The molecule has 1 aliphatic heterocycles. The molecule has 4 aromatic rings. The Morgan fingerprint density at radius 3 is 2.29 bits per heavy atom. The average Bonchev–Trinajstić information content (AvgIpc) is 3.38. The third-order valence-corrected chi connectivity index (χ3v) is 6.60. The van der Waals surface area contributed by atoms with E-state index in [2.05, 4.69) is 74.7 Å². The lowest BCUT2D eigenvalue weighted by molar-refractivity contribution is 0.209. The summed E-state index contributed by atoms with van der Waals surface area (Å²) in [7, 11) is 0. The Morgan fingerprint density at radius 1 is 0.914 bits per heavy atom. The van der Waals surface area contributed by atoms with E-state index in [1.54, 1.807) is 6.07 Å². The molecule has 2 aromatic heterocycles. The Balaban J connectivity index is 0.00000141. The summed E-state index contributed by atoms with van der Waals surface area (Å²) in [5, 5.41) is 13.4. The van der Waals surface area contributed by atoms with Crippen LogP contribution in [-0.2, 0) is 0 Å². The van der Waals surface area contributed by atoms with E-state index in [0.717, 1.165) is 60.0 Å². The number of piperazine rings is 1. The second-order valence-corrected chi connectivity index (χ2v) is 9.04. The third kappa shape index (κ3) is 5.28. The first-order valence-corrected chi connectivity index (χ1v) is 12.6. The number of hydrogen-bond acceptors (Lipinski definition) is 5. The monoisotopic (exact) mass is 471 g/mol. The van der Waals surface area contributed by atoms with Gasteiger partial charge in [0.1, 0.15) is 5.75 Å². The minimum atomic E-state index is 0.309. The molecular formula is C29H37N5O. The molecule has 6 nitrogen and oxygen atoms in total. The maximum Gasteiger partial charge on any atom is 0.161 e. The number of phenolic OH excluding ortho intramolecular Hbond substituents is 1. The van der Waals surface area contributed by atoms with Crippen molar-refractivity contribution in [2.45, 2.75) is 40.7 Å². The van der Waals surface area contributed by atoms with E-state index in [9.17, 15) is 5.11 Å². The maximum absolute atomic E-state index is 9.87. The van der Waals surface area contributed by atoms with Gasteiger partial charge in [-0.25, -0.2) is 4.98 Å². The highest BCUT2D eigenvalue weighted by atomic mass is 16.3. The molecule has 0 radical (unpaired) electrons. The predicted molar refractivity (Wildman–Crippen MR) is 147 cm³/mol. The molecule has 1 aliphatic rings. The summed E-state index contributed by atoms with van der Waals surface area (Å²) in [6.45, 7) is 14.8. The molecule has 184 valence electrons. The standard InChI is InChI=1S/C27H31N5O.C2H6/c1-19(2)30-14-16-31(17-15-30)23-7-5-22(6-8-23)29-24-9-10-25(32-13-12-28-27(24)32)21-4-11-26(33)20(3)18-21;1-2/h4-13,18-19,29,33H,14-17H2,1-3H3;1-2H3. The van der Waals surface area contributed by atoms with Crippen LogP contribution in [0.4, 0.5) is 17.1 Å². The van der Waals surface area contributed by atoms with Crippen molar-refractivity contribution in [1.29, 1.82) is 0 Å². The van der Waals surface area contributed by atoms with Crippen LogP contribution in [0.15, 0.2) is 67.0 Å². The van der Waals surface area contributed by atoms with Crippen molar-refractivity contribution in [2.24, 2.45) is 0 Å². The lowest BCUT2D eigenvalue weighted by Gasteiger charge is -2.38. The fourth-order valence-corrected chi connectivity index (χ4v) is 4.57. The van der Waals surface area contributed by atoms with E-state index in [-0.39, 0.29) is 0 Å². The SMILES string of the molecule is CC.Cc1cc(-c2ccc(Nc3ccc(N4CCN(C(C)C)CC4)cc3)c3nccn23)ccc1O. The summed E-state index contributed by atoms with van der Waals surface area (Å²) in [4.78, 5) is 9.59. The summed E-state index contributed by atoms with van der Waals surface area (Å²) < 4.78 is 2.08. The number of aromatic hydroxyl groups is 1. The fraction of sp³-hybridized carbons (Fsp3) is 0.345. The van der Waals surface area contributed by atoms with Gasteiger partial charge in [0.05, 0.1) is 11.4 Å². The van der Waals surface area contributed by atoms with Gasteiger partial charge in [-0.1, -0.05) is 13.8 Å². The number of aryl methyl sites for hydroxylation is 1. The topological polar surface area (TPSA) is 56.0 Å². The van der Waals surface area contributed by atoms with Crippen LogP contribution in [-0.4, -0.2) is 51.6 Å². The first-order valence-electron chi connectivity index (χ1n) is 12.6. The van der Waals surface area contributed by atoms with Crippen LogP contribution in [0.2, 0.25) is 0 Å². The van der Waals surface area contributed by atoms with Crippen LogP contribution in [0.25, 0.3) is 16.9 Å². The molecular weight excluding hydrogens is 434 g/mol. The van der Waals surface area contributed by atoms with Crippen molar-refractivity contribution in [2.75, 3.05) is 36.4 Å². The van der Waals surface area contributed by atoms with Gasteiger partial charge in [0, 0.05) is 56.0 Å². The number of benzene rings is 2. The van der Waals surface area contributed by atoms with Gasteiger partial charge in [-0.05, 0) is 86.5 Å². The Kier molecular flexibility index (Phi) is 7.61. The van der Waals surface area contributed by atoms with E-state index >= 15 is 0 Å². The van der Waals surface area contributed by atoms with E-state index in [0.29, 0.717) is 11.8 Å². The number of hydrogen-bond donors (Lipinski definition) is 2. The lowest BCUT2D eigenvalue weighted by Crippen LogP contribution is -2.48. The molecule has 1 saturated heterocycles. The van der Waals surface area contributed by atoms with Gasteiger partial charge in [-0.15, -0.1) is 0 Å². The number of fused-ring (bicyclic) bond motifs is 1. The number of rotatable bonds is 5. The summed E-state index contributed by atoms with van der Waals surface area (Å²) in [6.07, 6.45) is 3.79. The number of phenols is 1. The van der Waals surface area contributed by atoms with E-state index in [1.165, 1.54) is 5.69 Å². The zero-order chi connectivity index (χ0) is 24.9. The van der Waals surface area contributed by atoms with Gasteiger partial charge in [-0.3, -0.25) is 9.30 Å². The average molecular weight is 472 g/mol. The van der Waals surface area contributed by atoms with Crippen molar-refractivity contribution in [3.8, 4) is 17.0 Å². The van der Waals surface area contributed by atoms with Crippen LogP contribution < -0.4 is 10.2 Å². The molecule has 6 heteroatoms. The number of aromatic nitrogens is 2. The molecule has 2 N–H and O–H groups in total. The summed E-state index contributed by atoms with van der Waals surface area (Å²) >= 11 is 0. The highest BCUT2D eigenvalue weighted by Gasteiger charge is 2.19. The molecule has 0 aliphatic carbocycles. The van der Waals surface area contributed by atoms with Gasteiger partial charge in [0.25, 0.3) is 0 Å². The molecule has 0 bridgehead atoms. The number of imidazole rings is 1. The second-order valence-electron chi connectivity index (χ2n) is 9.04. The normalized spacial score (nSPS) is 14.2. The number of pyridine rings is 1. The van der Waals surface area contributed by atoms with E-state index in [1.807, 2.05) is 45.3 Å². The van der Waals surface area contributed by atoms with Crippen LogP contribution in [0.5, 0.6) is 5.75 Å². The van der Waals surface area contributed by atoms with Crippen molar-refractivity contribution < 1.29 is 5.11 Å². The van der Waals surface area contributed by atoms with Crippen molar-refractivity contribution in [1.82, 2.24) is 14.3 Å². The molecule has 35 heavy (non-hydrogen) atoms. The quantitative estimate of drug-likeness (QED) is 0.357. The summed E-state index contributed by atoms with van der Waals surface area (Å²) in [5.41, 5.74) is 7.07. The molecule has 1 fully saturated rings. The van der Waals surface area contributed by atoms with Crippen LogP contribution in [0.3, 0.4) is 0 Å². The Labute approximate surface area is 208 Å². The lowest BCUT2D eigenvalue weighted by atomic mass is 10.1. The first-order chi connectivity index (χ1) is 17.0.